The normalized spacial score (nSPS) is 15.5. The van der Waals surface area contributed by atoms with Gasteiger partial charge in [0, 0.05) is 30.2 Å². The molecule has 0 saturated carbocycles. The molecule has 0 unspecified atom stereocenters. The third-order valence-electron chi connectivity index (χ3n) is 5.13. The zero-order chi connectivity index (χ0) is 23.4. The number of aromatic nitrogens is 5. The molecule has 1 aliphatic heterocycles. The molecule has 1 atom stereocenters. The largest absolute Gasteiger partial charge is 0.442 e. The smallest absolute Gasteiger partial charge is 0.414 e. The third-order valence-corrected chi connectivity index (χ3v) is 5.13. The van der Waals surface area contributed by atoms with E-state index in [1.165, 1.54) is 22.0 Å². The highest BCUT2D eigenvalue weighted by Gasteiger charge is 2.33. The van der Waals surface area contributed by atoms with Crippen molar-refractivity contribution in [1.82, 2.24) is 30.5 Å². The number of carbonyl (C=O) groups is 2. The number of pyridine rings is 1. The van der Waals surface area contributed by atoms with Gasteiger partial charge in [0.05, 0.1) is 32.4 Å². The summed E-state index contributed by atoms with van der Waals surface area (Å²) < 4.78 is 20.2. The van der Waals surface area contributed by atoms with Crippen LogP contribution in [0.4, 0.5) is 14.9 Å². The number of benzene rings is 1. The number of amides is 2. The second-order valence-corrected chi connectivity index (χ2v) is 7.58. The Kier molecular flexibility index (Phi) is 6.54. The van der Waals surface area contributed by atoms with Gasteiger partial charge in [-0.05, 0) is 29.5 Å². The zero-order valence-electron chi connectivity index (χ0n) is 18.1. The lowest BCUT2D eigenvalue weighted by Gasteiger charge is -2.14. The molecule has 0 bridgehead atoms. The fraction of sp³-hybridized carbons (Fsp3) is 0.333. The minimum Gasteiger partial charge on any atom is -0.442 e. The Labute approximate surface area is 188 Å². The SMILES string of the molecule is Cn1nnc(-c2ccc(-c3ccc(N4C[C@H](CNC(=O)CCC[NH3+])OC4=O)cc3F)cn2)n1. The Morgan fingerprint density at radius 1 is 1.33 bits per heavy atom. The fourth-order valence-corrected chi connectivity index (χ4v) is 3.42. The van der Waals surface area contributed by atoms with Crippen LogP contribution >= 0.6 is 0 Å². The molecule has 172 valence electrons. The monoisotopic (exact) mass is 455 g/mol. The van der Waals surface area contributed by atoms with Gasteiger partial charge < -0.3 is 15.8 Å². The molecule has 0 aliphatic carbocycles. The van der Waals surface area contributed by atoms with Gasteiger partial charge in [-0.2, -0.15) is 4.80 Å². The first-order valence-electron chi connectivity index (χ1n) is 10.5. The van der Waals surface area contributed by atoms with Crippen molar-refractivity contribution in [3.05, 3.63) is 42.3 Å². The Morgan fingerprint density at radius 3 is 2.85 bits per heavy atom. The van der Waals surface area contributed by atoms with Gasteiger partial charge in [-0.3, -0.25) is 14.7 Å². The number of nitrogens with zero attached hydrogens (tertiary/aromatic N) is 6. The molecule has 4 rings (SSSR count). The number of anilines is 1. The molecule has 1 aliphatic rings. The number of cyclic esters (lactones) is 1. The minimum atomic E-state index is -0.582. The molecule has 33 heavy (non-hydrogen) atoms. The van der Waals surface area contributed by atoms with E-state index in [9.17, 15) is 14.0 Å². The predicted molar refractivity (Wildman–Crippen MR) is 115 cm³/mol. The summed E-state index contributed by atoms with van der Waals surface area (Å²) in [6.07, 6.45) is 1.52. The van der Waals surface area contributed by atoms with Crippen LogP contribution in [0.15, 0.2) is 36.5 Å². The maximum atomic E-state index is 14.9. The summed E-state index contributed by atoms with van der Waals surface area (Å²) in [5.41, 5.74) is 5.50. The van der Waals surface area contributed by atoms with Gasteiger partial charge in [0.15, 0.2) is 0 Å². The average Bonchev–Trinajstić information content (AvgIpc) is 3.41. The lowest BCUT2D eigenvalue weighted by Crippen LogP contribution is -2.50. The van der Waals surface area contributed by atoms with Crippen LogP contribution in [0, 0.1) is 5.82 Å². The summed E-state index contributed by atoms with van der Waals surface area (Å²) >= 11 is 0. The van der Waals surface area contributed by atoms with Crippen molar-refractivity contribution in [1.29, 1.82) is 0 Å². The number of hydrogen-bond acceptors (Lipinski definition) is 7. The molecular formula is C21H24FN8O3+. The van der Waals surface area contributed by atoms with Crippen LogP contribution in [0.5, 0.6) is 0 Å². The van der Waals surface area contributed by atoms with Gasteiger partial charge in [0.2, 0.25) is 11.7 Å². The van der Waals surface area contributed by atoms with Gasteiger partial charge in [0.1, 0.15) is 17.6 Å². The molecule has 3 heterocycles. The fourth-order valence-electron chi connectivity index (χ4n) is 3.42. The standard InChI is InChI=1S/C21H23FN8O3/c1-29-27-20(26-28-29)18-7-4-13(10-24-18)16-6-5-14(9-17(16)22)30-12-15(33-21(30)32)11-25-19(31)3-2-8-23/h4-7,9-10,15H,2-3,8,11-12,23H2,1H3,(H,25,31)/p+1/t15-/m0/s1. The number of rotatable bonds is 8. The van der Waals surface area contributed by atoms with E-state index in [1.54, 1.807) is 31.3 Å². The first-order chi connectivity index (χ1) is 15.9. The summed E-state index contributed by atoms with van der Waals surface area (Å²) in [5.74, 6) is -0.240. The second-order valence-electron chi connectivity index (χ2n) is 7.58. The molecule has 1 aromatic carbocycles. The van der Waals surface area contributed by atoms with E-state index in [0.717, 1.165) is 0 Å². The van der Waals surface area contributed by atoms with Crippen molar-refractivity contribution in [3.8, 4) is 22.6 Å². The predicted octanol–water partition coefficient (Wildman–Crippen LogP) is 0.542. The number of tetrazole rings is 1. The summed E-state index contributed by atoms with van der Waals surface area (Å²) in [6.45, 7) is 1.10. The molecule has 1 saturated heterocycles. The van der Waals surface area contributed by atoms with E-state index in [4.69, 9.17) is 4.74 Å². The topological polar surface area (TPSA) is 143 Å². The summed E-state index contributed by atoms with van der Waals surface area (Å²) in [6, 6.07) is 7.92. The molecule has 0 radical (unpaired) electrons. The second kappa shape index (κ2) is 9.69. The molecule has 12 heteroatoms. The van der Waals surface area contributed by atoms with Crippen LogP contribution in [0.25, 0.3) is 22.6 Å². The Bertz CT molecular complexity index is 1150. The van der Waals surface area contributed by atoms with Crippen LogP contribution in [0.2, 0.25) is 0 Å². The van der Waals surface area contributed by atoms with Crippen LogP contribution in [0.1, 0.15) is 12.8 Å². The molecule has 1 fully saturated rings. The van der Waals surface area contributed by atoms with Crippen molar-refractivity contribution < 1.29 is 24.5 Å². The quantitative estimate of drug-likeness (QED) is 0.505. The van der Waals surface area contributed by atoms with Crippen molar-refractivity contribution >= 4 is 17.7 Å². The van der Waals surface area contributed by atoms with Gasteiger partial charge in [0.25, 0.3) is 0 Å². The number of nitrogens with one attached hydrogen (secondary N) is 1. The molecule has 11 nitrogen and oxygen atoms in total. The van der Waals surface area contributed by atoms with Crippen LogP contribution in [0.3, 0.4) is 0 Å². The van der Waals surface area contributed by atoms with Crippen LogP contribution in [-0.2, 0) is 16.6 Å². The highest BCUT2D eigenvalue weighted by atomic mass is 19.1. The maximum Gasteiger partial charge on any atom is 0.414 e. The van der Waals surface area contributed by atoms with Gasteiger partial charge >= 0.3 is 6.09 Å². The molecule has 0 spiro atoms. The van der Waals surface area contributed by atoms with Crippen molar-refractivity contribution in [3.63, 3.8) is 0 Å². The molecule has 4 N–H and O–H groups in total. The number of quaternary nitrogens is 1. The lowest BCUT2D eigenvalue weighted by molar-refractivity contribution is -0.368. The highest BCUT2D eigenvalue weighted by molar-refractivity contribution is 5.90. The van der Waals surface area contributed by atoms with Gasteiger partial charge in [-0.1, -0.05) is 6.07 Å². The van der Waals surface area contributed by atoms with E-state index in [-0.39, 0.29) is 19.0 Å². The summed E-state index contributed by atoms with van der Waals surface area (Å²) in [7, 11) is 1.65. The van der Waals surface area contributed by atoms with Crippen LogP contribution < -0.4 is 16.0 Å². The Balaban J connectivity index is 1.42. The lowest BCUT2D eigenvalue weighted by atomic mass is 10.1. The number of ether oxygens (including phenoxy) is 1. The number of hydrogen-bond donors (Lipinski definition) is 2. The zero-order valence-corrected chi connectivity index (χ0v) is 18.1. The van der Waals surface area contributed by atoms with Crippen molar-refractivity contribution in [2.45, 2.75) is 18.9 Å². The van der Waals surface area contributed by atoms with Crippen molar-refractivity contribution in [2.24, 2.45) is 7.05 Å². The molecule has 2 amide bonds. The molecule has 2 aromatic heterocycles. The first-order valence-corrected chi connectivity index (χ1v) is 10.5. The van der Waals surface area contributed by atoms with Gasteiger partial charge in [-0.25, -0.2) is 9.18 Å². The van der Waals surface area contributed by atoms with E-state index < -0.39 is 18.0 Å². The van der Waals surface area contributed by atoms with Gasteiger partial charge in [-0.15, -0.1) is 10.2 Å². The highest BCUT2D eigenvalue weighted by Crippen LogP contribution is 2.29. The van der Waals surface area contributed by atoms with E-state index in [1.807, 2.05) is 0 Å². The molecular weight excluding hydrogens is 431 g/mol. The first kappa shape index (κ1) is 22.3. The third kappa shape index (κ3) is 5.12. The van der Waals surface area contributed by atoms with E-state index in [0.29, 0.717) is 47.7 Å². The average molecular weight is 455 g/mol. The number of carbonyl (C=O) groups excluding carboxylic acids is 2. The number of aryl methyl sites for hydroxylation is 1. The minimum absolute atomic E-state index is 0.113. The summed E-state index contributed by atoms with van der Waals surface area (Å²) in [5, 5.41) is 14.5. The van der Waals surface area contributed by atoms with Crippen molar-refractivity contribution in [2.75, 3.05) is 24.5 Å². The Hall–Kier alpha value is -3.93. The number of halogens is 1. The maximum absolute atomic E-state index is 14.9. The van der Waals surface area contributed by atoms with Crippen LogP contribution in [-0.4, -0.2) is 62.9 Å². The molecule has 3 aromatic rings. The summed E-state index contributed by atoms with van der Waals surface area (Å²) in [4.78, 5) is 31.0. The van der Waals surface area contributed by atoms with E-state index in [2.05, 4.69) is 31.4 Å². The van der Waals surface area contributed by atoms with E-state index >= 15 is 0 Å². The Morgan fingerprint density at radius 2 is 2.18 bits per heavy atom.